The van der Waals surface area contributed by atoms with E-state index < -0.39 is 20.9 Å². The first kappa shape index (κ1) is 22.3. The largest absolute Gasteiger partial charge is 0.423 e. The fourth-order valence-corrected chi connectivity index (χ4v) is 4.10. The number of esters is 1. The van der Waals surface area contributed by atoms with Gasteiger partial charge in [-0.15, -0.1) is 0 Å². The van der Waals surface area contributed by atoms with Gasteiger partial charge in [0.05, 0.1) is 21.1 Å². The molecule has 0 aliphatic rings. The highest BCUT2D eigenvalue weighted by atomic mass is 35.5. The summed E-state index contributed by atoms with van der Waals surface area (Å²) in [6.45, 7) is 1.53. The molecule has 0 heterocycles. The molecule has 0 aliphatic carbocycles. The van der Waals surface area contributed by atoms with Gasteiger partial charge in [0, 0.05) is 23.7 Å². The first-order valence-corrected chi connectivity index (χ1v) is 10.7. The number of ether oxygens (including phenoxy) is 1. The maximum atomic E-state index is 12.7. The van der Waals surface area contributed by atoms with Gasteiger partial charge in [0.1, 0.15) is 5.75 Å². The number of nitrogens with zero attached hydrogens (tertiary/aromatic N) is 2. The van der Waals surface area contributed by atoms with E-state index in [0.717, 1.165) is 4.31 Å². The van der Waals surface area contributed by atoms with Gasteiger partial charge in [0.15, 0.2) is 0 Å². The van der Waals surface area contributed by atoms with Gasteiger partial charge in [-0.05, 0) is 67.6 Å². The first-order chi connectivity index (χ1) is 14.6. The third kappa shape index (κ3) is 4.84. The van der Waals surface area contributed by atoms with Crippen molar-refractivity contribution in [3.63, 3.8) is 0 Å². The highest BCUT2D eigenvalue weighted by Crippen LogP contribution is 2.26. The van der Waals surface area contributed by atoms with Crippen molar-refractivity contribution >= 4 is 39.0 Å². The van der Waals surface area contributed by atoms with Gasteiger partial charge in [-0.1, -0.05) is 11.6 Å². The molecule has 0 radical (unpaired) electrons. The van der Waals surface area contributed by atoms with Crippen molar-refractivity contribution in [2.45, 2.75) is 11.8 Å². The molecule has 10 heteroatoms. The summed E-state index contributed by atoms with van der Waals surface area (Å²) in [5.74, 6) is -0.491. The lowest BCUT2D eigenvalue weighted by Gasteiger charge is -2.19. The number of anilines is 1. The fraction of sp³-hybridized carbons (Fsp3) is 0.0952. The molecular formula is C21H17ClN2O6S. The predicted molar refractivity (Wildman–Crippen MR) is 116 cm³/mol. The van der Waals surface area contributed by atoms with Crippen molar-refractivity contribution in [3.8, 4) is 5.75 Å². The van der Waals surface area contributed by atoms with Gasteiger partial charge in [-0.25, -0.2) is 13.2 Å². The van der Waals surface area contributed by atoms with Crippen molar-refractivity contribution in [1.29, 1.82) is 0 Å². The number of nitro groups is 1. The number of benzene rings is 3. The van der Waals surface area contributed by atoms with Crippen LogP contribution in [-0.2, 0) is 10.0 Å². The van der Waals surface area contributed by atoms with E-state index in [9.17, 15) is 23.3 Å². The molecule has 0 bridgehead atoms. The Morgan fingerprint density at radius 1 is 1.03 bits per heavy atom. The summed E-state index contributed by atoms with van der Waals surface area (Å²) >= 11 is 5.81. The van der Waals surface area contributed by atoms with Crippen LogP contribution in [0.4, 0.5) is 11.4 Å². The minimum Gasteiger partial charge on any atom is -0.423 e. The molecule has 0 saturated carbocycles. The van der Waals surface area contributed by atoms with Gasteiger partial charge < -0.3 is 4.74 Å². The summed E-state index contributed by atoms with van der Waals surface area (Å²) in [4.78, 5) is 22.8. The SMILES string of the molecule is Cc1cc(C(=O)Oc2ccc(N(C)S(=O)(=O)c3ccc(Cl)cc3)cc2)ccc1[N+](=O)[O-]. The standard InChI is InChI=1S/C21H17ClN2O6S/c1-14-13-15(3-12-20(14)24(26)27)21(25)30-18-8-6-17(7-9-18)23(2)31(28,29)19-10-4-16(22)5-11-19/h3-13H,1-2H3. The van der Waals surface area contributed by atoms with Crippen molar-refractivity contribution in [1.82, 2.24) is 0 Å². The summed E-state index contributed by atoms with van der Waals surface area (Å²) in [6.07, 6.45) is 0. The Labute approximate surface area is 183 Å². The first-order valence-electron chi connectivity index (χ1n) is 8.91. The molecule has 3 aromatic rings. The average Bonchev–Trinajstić information content (AvgIpc) is 2.73. The van der Waals surface area contributed by atoms with Crippen LogP contribution in [0.3, 0.4) is 0 Å². The smallest absolute Gasteiger partial charge is 0.343 e. The van der Waals surface area contributed by atoms with E-state index >= 15 is 0 Å². The molecule has 31 heavy (non-hydrogen) atoms. The molecule has 160 valence electrons. The summed E-state index contributed by atoms with van der Waals surface area (Å²) in [6, 6.07) is 15.6. The van der Waals surface area contributed by atoms with Crippen LogP contribution in [0.1, 0.15) is 15.9 Å². The van der Waals surface area contributed by atoms with E-state index in [0.29, 0.717) is 16.3 Å². The lowest BCUT2D eigenvalue weighted by molar-refractivity contribution is -0.385. The zero-order valence-electron chi connectivity index (χ0n) is 16.5. The quantitative estimate of drug-likeness (QED) is 0.230. The number of rotatable bonds is 6. The number of nitro benzene ring substituents is 1. The Morgan fingerprint density at radius 3 is 2.19 bits per heavy atom. The van der Waals surface area contributed by atoms with Crippen molar-refractivity contribution in [3.05, 3.63) is 93.0 Å². The Kier molecular flexibility index (Phi) is 6.28. The van der Waals surface area contributed by atoms with Crippen LogP contribution in [-0.4, -0.2) is 26.4 Å². The minimum absolute atomic E-state index is 0.0865. The van der Waals surface area contributed by atoms with Crippen LogP contribution < -0.4 is 9.04 Å². The van der Waals surface area contributed by atoms with E-state index in [1.54, 1.807) is 0 Å². The number of hydrogen-bond donors (Lipinski definition) is 0. The van der Waals surface area contributed by atoms with Crippen LogP contribution in [0, 0.1) is 17.0 Å². The zero-order valence-corrected chi connectivity index (χ0v) is 18.1. The lowest BCUT2D eigenvalue weighted by Crippen LogP contribution is -2.26. The predicted octanol–water partition coefficient (Wildman–Crippen LogP) is 4.60. The van der Waals surface area contributed by atoms with Crippen molar-refractivity contribution in [2.24, 2.45) is 0 Å². The second-order valence-electron chi connectivity index (χ2n) is 6.57. The molecule has 0 N–H and O–H groups in total. The number of sulfonamides is 1. The number of halogens is 1. The number of hydrogen-bond acceptors (Lipinski definition) is 6. The second kappa shape index (κ2) is 8.75. The Balaban J connectivity index is 1.75. The maximum Gasteiger partial charge on any atom is 0.343 e. The number of carbonyl (C=O) groups is 1. The molecule has 0 aliphatic heterocycles. The van der Waals surface area contributed by atoms with Gasteiger partial charge >= 0.3 is 5.97 Å². The maximum absolute atomic E-state index is 12.7. The molecule has 0 spiro atoms. The molecule has 3 rings (SSSR count). The van der Waals surface area contributed by atoms with Crippen LogP contribution in [0.2, 0.25) is 5.02 Å². The van der Waals surface area contributed by atoms with E-state index in [1.165, 1.54) is 80.7 Å². The van der Waals surface area contributed by atoms with Gasteiger partial charge in [-0.3, -0.25) is 14.4 Å². The molecule has 0 unspecified atom stereocenters. The van der Waals surface area contributed by atoms with Crippen LogP contribution in [0.5, 0.6) is 5.75 Å². The Hall–Kier alpha value is -3.43. The molecule has 0 atom stereocenters. The minimum atomic E-state index is -3.79. The van der Waals surface area contributed by atoms with Gasteiger partial charge in [0.2, 0.25) is 0 Å². The fourth-order valence-electron chi connectivity index (χ4n) is 2.78. The molecule has 0 saturated heterocycles. The summed E-state index contributed by atoms with van der Waals surface area (Å²) in [5.41, 5.74) is 0.769. The molecule has 0 amide bonds. The van der Waals surface area contributed by atoms with E-state index in [-0.39, 0.29) is 21.9 Å². The van der Waals surface area contributed by atoms with E-state index in [1.807, 2.05) is 0 Å². The van der Waals surface area contributed by atoms with Gasteiger partial charge in [0.25, 0.3) is 15.7 Å². The number of carbonyl (C=O) groups excluding carboxylic acids is 1. The zero-order chi connectivity index (χ0) is 22.8. The molecule has 0 fully saturated rings. The molecule has 3 aromatic carbocycles. The van der Waals surface area contributed by atoms with Crippen LogP contribution in [0.25, 0.3) is 0 Å². The van der Waals surface area contributed by atoms with Crippen molar-refractivity contribution in [2.75, 3.05) is 11.4 Å². The van der Waals surface area contributed by atoms with Crippen molar-refractivity contribution < 1.29 is 22.9 Å². The highest BCUT2D eigenvalue weighted by Gasteiger charge is 2.21. The monoisotopic (exact) mass is 460 g/mol. The molecule has 8 nitrogen and oxygen atoms in total. The Bertz CT molecular complexity index is 1240. The summed E-state index contributed by atoms with van der Waals surface area (Å²) in [5, 5.41) is 11.3. The second-order valence-corrected chi connectivity index (χ2v) is 8.97. The van der Waals surface area contributed by atoms with E-state index in [4.69, 9.17) is 16.3 Å². The highest BCUT2D eigenvalue weighted by molar-refractivity contribution is 7.92. The Morgan fingerprint density at radius 2 is 1.65 bits per heavy atom. The summed E-state index contributed by atoms with van der Waals surface area (Å²) < 4.78 is 31.9. The normalized spacial score (nSPS) is 11.1. The number of aryl methyl sites for hydroxylation is 1. The summed E-state index contributed by atoms with van der Waals surface area (Å²) in [7, 11) is -2.38. The van der Waals surface area contributed by atoms with Crippen LogP contribution in [0.15, 0.2) is 71.6 Å². The molecule has 0 aromatic heterocycles. The third-order valence-electron chi connectivity index (χ3n) is 4.51. The van der Waals surface area contributed by atoms with E-state index in [2.05, 4.69) is 0 Å². The average molecular weight is 461 g/mol. The molecular weight excluding hydrogens is 444 g/mol. The van der Waals surface area contributed by atoms with Crippen LogP contribution >= 0.6 is 11.6 Å². The third-order valence-corrected chi connectivity index (χ3v) is 6.56. The lowest BCUT2D eigenvalue weighted by atomic mass is 10.1. The topological polar surface area (TPSA) is 107 Å². The van der Waals surface area contributed by atoms with Gasteiger partial charge in [-0.2, -0.15) is 0 Å².